The topological polar surface area (TPSA) is 150 Å². The Balaban J connectivity index is 1.39. The number of hydrogen-bond donors (Lipinski definition) is 4. The molecule has 2 atom stereocenters. The van der Waals surface area contributed by atoms with Gasteiger partial charge in [0.1, 0.15) is 5.01 Å². The summed E-state index contributed by atoms with van der Waals surface area (Å²) in [6, 6.07) is 21.0. The van der Waals surface area contributed by atoms with Gasteiger partial charge in [0.15, 0.2) is 0 Å². The highest BCUT2D eigenvalue weighted by molar-refractivity contribution is 7.92. The fourth-order valence-corrected chi connectivity index (χ4v) is 6.77. The van der Waals surface area contributed by atoms with Gasteiger partial charge < -0.3 is 21.3 Å². The first-order chi connectivity index (χ1) is 23.1. The van der Waals surface area contributed by atoms with Crippen molar-refractivity contribution < 1.29 is 22.8 Å². The standard InChI is InChI=1S/C35H40N6O5S2/c1-24(33(42)38-21-26-13-14-26)37-22-29(17-25-9-5-3-6-10-25)40-35(44)28-18-27(34(43)39-23-32-36-15-16-47-32)19-30(20-28)41(2)48(45,46)31-11-7-4-8-12-31/h3-12,15-16,18-20,24,26,29,37H,13-14,17,21-23H2,1-2H3,(H,38,42)(H,39,43)(H,40,44)/t24-,29-/m0/s1. The second-order valence-electron chi connectivity index (χ2n) is 11.8. The Morgan fingerprint density at radius 1 is 0.938 bits per heavy atom. The number of nitrogens with one attached hydrogen (secondary N) is 4. The quantitative estimate of drug-likeness (QED) is 0.140. The van der Waals surface area contributed by atoms with Crippen LogP contribution < -0.4 is 25.6 Å². The summed E-state index contributed by atoms with van der Waals surface area (Å²) in [4.78, 5) is 44.1. The van der Waals surface area contributed by atoms with Crippen molar-refractivity contribution in [2.24, 2.45) is 5.92 Å². The van der Waals surface area contributed by atoms with Gasteiger partial charge in [-0.1, -0.05) is 48.5 Å². The number of carbonyl (C=O) groups is 3. The minimum Gasteiger partial charge on any atom is -0.354 e. The summed E-state index contributed by atoms with van der Waals surface area (Å²) in [5.74, 6) is -0.524. The van der Waals surface area contributed by atoms with Crippen molar-refractivity contribution in [3.8, 4) is 0 Å². The van der Waals surface area contributed by atoms with Crippen molar-refractivity contribution in [2.45, 2.75) is 49.7 Å². The maximum Gasteiger partial charge on any atom is 0.264 e. The third-order valence-electron chi connectivity index (χ3n) is 8.08. The van der Waals surface area contributed by atoms with E-state index >= 15 is 0 Å². The molecular weight excluding hydrogens is 649 g/mol. The molecule has 3 aromatic carbocycles. The molecule has 0 aliphatic heterocycles. The average molecular weight is 689 g/mol. The highest BCUT2D eigenvalue weighted by Crippen LogP contribution is 2.27. The summed E-state index contributed by atoms with van der Waals surface area (Å²) < 4.78 is 28.1. The maximum absolute atomic E-state index is 13.9. The van der Waals surface area contributed by atoms with Crippen LogP contribution in [0.2, 0.25) is 0 Å². The van der Waals surface area contributed by atoms with Gasteiger partial charge in [-0.05, 0) is 68.0 Å². The van der Waals surface area contributed by atoms with Gasteiger partial charge in [-0.3, -0.25) is 18.7 Å². The van der Waals surface area contributed by atoms with Crippen LogP contribution in [0.5, 0.6) is 0 Å². The number of anilines is 1. The fraction of sp³-hybridized carbons (Fsp3) is 0.314. The predicted octanol–water partition coefficient (Wildman–Crippen LogP) is 3.74. The van der Waals surface area contributed by atoms with Crippen LogP contribution in [-0.4, -0.2) is 63.3 Å². The molecule has 1 fully saturated rings. The molecule has 0 saturated heterocycles. The summed E-state index contributed by atoms with van der Waals surface area (Å²) in [7, 11) is -2.62. The Morgan fingerprint density at radius 3 is 2.25 bits per heavy atom. The van der Waals surface area contributed by atoms with Gasteiger partial charge in [0, 0.05) is 48.9 Å². The zero-order valence-corrected chi connectivity index (χ0v) is 28.5. The first kappa shape index (κ1) is 34.7. The lowest BCUT2D eigenvalue weighted by molar-refractivity contribution is -0.122. The number of benzene rings is 3. The van der Waals surface area contributed by atoms with Crippen molar-refractivity contribution in [1.82, 2.24) is 26.3 Å². The van der Waals surface area contributed by atoms with Crippen LogP contribution in [0.15, 0.2) is 95.3 Å². The molecule has 13 heteroatoms. The number of sulfonamides is 1. The normalized spacial score (nSPS) is 14.0. The Kier molecular flexibility index (Phi) is 11.6. The second-order valence-corrected chi connectivity index (χ2v) is 14.8. The molecule has 4 aromatic rings. The van der Waals surface area contributed by atoms with Gasteiger partial charge in [0.25, 0.3) is 21.8 Å². The zero-order chi connectivity index (χ0) is 34.1. The van der Waals surface area contributed by atoms with E-state index in [0.717, 1.165) is 22.7 Å². The molecule has 48 heavy (non-hydrogen) atoms. The maximum atomic E-state index is 13.9. The van der Waals surface area contributed by atoms with Gasteiger partial charge in [-0.2, -0.15) is 0 Å². The number of aromatic nitrogens is 1. The molecule has 0 spiro atoms. The first-order valence-electron chi connectivity index (χ1n) is 15.8. The summed E-state index contributed by atoms with van der Waals surface area (Å²) in [6.45, 7) is 2.92. The van der Waals surface area contributed by atoms with Gasteiger partial charge in [0.05, 0.1) is 23.2 Å². The molecule has 5 rings (SSSR count). The molecule has 1 saturated carbocycles. The van der Waals surface area contributed by atoms with Gasteiger partial charge in [0.2, 0.25) is 5.91 Å². The Labute approximate surface area is 285 Å². The van der Waals surface area contributed by atoms with Gasteiger partial charge >= 0.3 is 0 Å². The molecule has 0 bridgehead atoms. The molecular formula is C35H40N6O5S2. The molecule has 0 radical (unpaired) electrons. The Hall–Kier alpha value is -4.59. The fourth-order valence-electron chi connectivity index (χ4n) is 5.02. The molecule has 252 valence electrons. The second kappa shape index (κ2) is 16.0. The number of rotatable bonds is 16. The van der Waals surface area contributed by atoms with Crippen molar-refractivity contribution >= 4 is 44.8 Å². The summed E-state index contributed by atoms with van der Waals surface area (Å²) in [5.41, 5.74) is 1.35. The molecule has 1 aliphatic rings. The largest absolute Gasteiger partial charge is 0.354 e. The van der Waals surface area contributed by atoms with E-state index < -0.39 is 33.9 Å². The summed E-state index contributed by atoms with van der Waals surface area (Å²) in [5, 5.41) is 14.6. The van der Waals surface area contributed by atoms with Crippen LogP contribution in [0.1, 0.15) is 51.1 Å². The minimum atomic E-state index is -4.01. The average Bonchev–Trinajstić information content (AvgIpc) is 3.79. The molecule has 1 heterocycles. The van der Waals surface area contributed by atoms with Crippen LogP contribution in [0, 0.1) is 5.92 Å². The van der Waals surface area contributed by atoms with Crippen molar-refractivity contribution in [3.63, 3.8) is 0 Å². The van der Waals surface area contributed by atoms with E-state index in [1.807, 2.05) is 30.3 Å². The van der Waals surface area contributed by atoms with E-state index in [2.05, 4.69) is 26.3 Å². The summed E-state index contributed by atoms with van der Waals surface area (Å²) >= 11 is 1.39. The first-order valence-corrected chi connectivity index (χ1v) is 18.1. The highest BCUT2D eigenvalue weighted by Gasteiger charge is 2.26. The van der Waals surface area contributed by atoms with Crippen molar-refractivity contribution in [1.29, 1.82) is 0 Å². The smallest absolute Gasteiger partial charge is 0.264 e. The van der Waals surface area contributed by atoms with Crippen LogP contribution in [0.4, 0.5) is 5.69 Å². The Bertz CT molecular complexity index is 1800. The number of thiazole rings is 1. The van der Waals surface area contributed by atoms with E-state index in [1.165, 1.54) is 48.7 Å². The minimum absolute atomic E-state index is 0.0708. The van der Waals surface area contributed by atoms with E-state index in [1.54, 1.807) is 36.7 Å². The molecule has 1 aliphatic carbocycles. The zero-order valence-electron chi connectivity index (χ0n) is 26.9. The lowest BCUT2D eigenvalue weighted by Gasteiger charge is -2.24. The number of carbonyl (C=O) groups excluding carboxylic acids is 3. The number of nitrogens with zero attached hydrogens (tertiary/aromatic N) is 2. The third kappa shape index (κ3) is 9.49. The Morgan fingerprint density at radius 2 is 1.60 bits per heavy atom. The van der Waals surface area contributed by atoms with E-state index in [4.69, 9.17) is 0 Å². The highest BCUT2D eigenvalue weighted by atomic mass is 32.2. The molecule has 3 amide bonds. The predicted molar refractivity (Wildman–Crippen MR) is 186 cm³/mol. The van der Waals surface area contributed by atoms with Crippen LogP contribution in [0.25, 0.3) is 0 Å². The lowest BCUT2D eigenvalue weighted by atomic mass is 10.0. The van der Waals surface area contributed by atoms with Crippen molar-refractivity contribution in [3.05, 3.63) is 112 Å². The molecule has 1 aromatic heterocycles. The molecule has 11 nitrogen and oxygen atoms in total. The van der Waals surface area contributed by atoms with E-state index in [0.29, 0.717) is 30.4 Å². The molecule has 0 unspecified atom stereocenters. The van der Waals surface area contributed by atoms with Crippen LogP contribution >= 0.6 is 11.3 Å². The molecule has 4 N–H and O–H groups in total. The SMILES string of the molecule is C[C@H](NC[C@H](Cc1ccccc1)NC(=O)c1cc(C(=O)NCc2nccs2)cc(N(C)S(=O)(=O)c2ccccc2)c1)C(=O)NCC1CC1. The van der Waals surface area contributed by atoms with E-state index in [9.17, 15) is 22.8 Å². The van der Waals surface area contributed by atoms with E-state index in [-0.39, 0.29) is 34.2 Å². The monoisotopic (exact) mass is 688 g/mol. The third-order valence-corrected chi connectivity index (χ3v) is 10.7. The van der Waals surface area contributed by atoms with Gasteiger partial charge in [-0.15, -0.1) is 11.3 Å². The van der Waals surface area contributed by atoms with Gasteiger partial charge in [-0.25, -0.2) is 13.4 Å². The lowest BCUT2D eigenvalue weighted by Crippen LogP contribution is -2.49. The number of hydrogen-bond acceptors (Lipinski definition) is 8. The van der Waals surface area contributed by atoms with Crippen LogP contribution in [-0.2, 0) is 27.8 Å². The summed E-state index contributed by atoms with van der Waals surface area (Å²) in [6.07, 6.45) is 4.38. The number of amides is 3. The van der Waals surface area contributed by atoms with Crippen molar-refractivity contribution in [2.75, 3.05) is 24.4 Å². The van der Waals surface area contributed by atoms with Crippen LogP contribution in [0.3, 0.4) is 0 Å².